The molecule has 0 aliphatic rings. The predicted octanol–water partition coefficient (Wildman–Crippen LogP) is 2.82. The van der Waals surface area contributed by atoms with Crippen LogP contribution in [-0.4, -0.2) is 20.5 Å². The molecule has 0 bridgehead atoms. The standard InChI is InChI=1S/C10H7Cl2NO3S/c1-16-6-2-3-8-7(4-6)10(11)9(5-13-8)17(12,14)15/h2-5H,1H3. The summed E-state index contributed by atoms with van der Waals surface area (Å²) < 4.78 is 27.6. The van der Waals surface area contributed by atoms with Crippen LogP contribution in [0.25, 0.3) is 10.9 Å². The van der Waals surface area contributed by atoms with E-state index in [2.05, 4.69) is 4.98 Å². The molecule has 0 saturated carbocycles. The lowest BCUT2D eigenvalue weighted by Gasteiger charge is -2.06. The van der Waals surface area contributed by atoms with Gasteiger partial charge in [-0.3, -0.25) is 4.98 Å². The number of benzene rings is 1. The third-order valence-electron chi connectivity index (χ3n) is 2.24. The second-order valence-electron chi connectivity index (χ2n) is 3.26. The number of pyridine rings is 1. The minimum absolute atomic E-state index is 0.0453. The molecular formula is C10H7Cl2NO3S. The second-order valence-corrected chi connectivity index (χ2v) is 6.17. The fourth-order valence-electron chi connectivity index (χ4n) is 1.42. The molecule has 0 spiro atoms. The first-order valence-corrected chi connectivity index (χ1v) is 7.19. The molecule has 0 radical (unpaired) electrons. The van der Waals surface area contributed by atoms with Crippen LogP contribution < -0.4 is 4.74 Å². The van der Waals surface area contributed by atoms with Crippen molar-refractivity contribution in [3.05, 3.63) is 29.4 Å². The van der Waals surface area contributed by atoms with Crippen molar-refractivity contribution in [3.63, 3.8) is 0 Å². The van der Waals surface area contributed by atoms with Gasteiger partial charge >= 0.3 is 0 Å². The summed E-state index contributed by atoms with van der Waals surface area (Å²) in [6.07, 6.45) is 1.14. The minimum atomic E-state index is -3.91. The molecule has 17 heavy (non-hydrogen) atoms. The molecule has 0 fully saturated rings. The number of rotatable bonds is 2. The Labute approximate surface area is 108 Å². The molecule has 0 amide bonds. The lowest BCUT2D eigenvalue weighted by atomic mass is 10.2. The van der Waals surface area contributed by atoms with E-state index in [1.807, 2.05) is 0 Å². The van der Waals surface area contributed by atoms with Crippen molar-refractivity contribution in [1.29, 1.82) is 0 Å². The van der Waals surface area contributed by atoms with Crippen LogP contribution in [0.2, 0.25) is 5.02 Å². The minimum Gasteiger partial charge on any atom is -0.497 e. The Morgan fingerprint density at radius 1 is 1.35 bits per heavy atom. The van der Waals surface area contributed by atoms with Gasteiger partial charge in [-0.15, -0.1) is 0 Å². The Kier molecular flexibility index (Phi) is 3.16. The zero-order valence-corrected chi connectivity index (χ0v) is 11.0. The van der Waals surface area contributed by atoms with Crippen LogP contribution in [0, 0.1) is 0 Å². The highest BCUT2D eigenvalue weighted by molar-refractivity contribution is 8.13. The van der Waals surface area contributed by atoms with Crippen LogP contribution in [0.5, 0.6) is 5.75 Å². The highest BCUT2D eigenvalue weighted by Gasteiger charge is 2.18. The Hall–Kier alpha value is -1.04. The summed E-state index contributed by atoms with van der Waals surface area (Å²) in [6.45, 7) is 0. The third kappa shape index (κ3) is 2.31. The van der Waals surface area contributed by atoms with Crippen molar-refractivity contribution >= 4 is 42.2 Å². The van der Waals surface area contributed by atoms with E-state index >= 15 is 0 Å². The van der Waals surface area contributed by atoms with Crippen molar-refractivity contribution in [2.45, 2.75) is 4.90 Å². The van der Waals surface area contributed by atoms with E-state index in [-0.39, 0.29) is 9.92 Å². The van der Waals surface area contributed by atoms with Gasteiger partial charge in [-0.2, -0.15) is 0 Å². The monoisotopic (exact) mass is 291 g/mol. The normalized spacial score (nSPS) is 11.7. The van der Waals surface area contributed by atoms with Gasteiger partial charge < -0.3 is 4.74 Å². The highest BCUT2D eigenvalue weighted by Crippen LogP contribution is 2.32. The first kappa shape index (κ1) is 12.4. The molecule has 0 N–H and O–H groups in total. The fourth-order valence-corrected chi connectivity index (χ4v) is 2.90. The number of ether oxygens (including phenoxy) is 1. The second kappa shape index (κ2) is 4.33. The number of aromatic nitrogens is 1. The van der Waals surface area contributed by atoms with Crippen LogP contribution in [0.3, 0.4) is 0 Å². The van der Waals surface area contributed by atoms with Crippen LogP contribution in [-0.2, 0) is 9.05 Å². The van der Waals surface area contributed by atoms with Crippen LogP contribution >= 0.6 is 22.3 Å². The van der Waals surface area contributed by atoms with Crippen molar-refractivity contribution in [1.82, 2.24) is 4.98 Å². The number of hydrogen-bond acceptors (Lipinski definition) is 4. The van der Waals surface area contributed by atoms with Gasteiger partial charge in [0.1, 0.15) is 10.6 Å². The Bertz CT molecular complexity index is 685. The van der Waals surface area contributed by atoms with Crippen molar-refractivity contribution in [2.75, 3.05) is 7.11 Å². The van der Waals surface area contributed by atoms with Gasteiger partial charge in [0.05, 0.1) is 17.6 Å². The number of hydrogen-bond donors (Lipinski definition) is 0. The summed E-state index contributed by atoms with van der Waals surface area (Å²) >= 11 is 6.00. The molecule has 0 aliphatic carbocycles. The van der Waals surface area contributed by atoms with Gasteiger partial charge in [0.2, 0.25) is 0 Å². The summed E-state index contributed by atoms with van der Waals surface area (Å²) in [5.41, 5.74) is 0.569. The molecule has 1 aromatic carbocycles. The van der Waals surface area contributed by atoms with Gasteiger partial charge in [0.25, 0.3) is 9.05 Å². The van der Waals surface area contributed by atoms with Gasteiger partial charge in [-0.1, -0.05) is 11.6 Å². The molecule has 4 nitrogen and oxygen atoms in total. The van der Waals surface area contributed by atoms with E-state index in [0.29, 0.717) is 16.7 Å². The number of fused-ring (bicyclic) bond motifs is 1. The van der Waals surface area contributed by atoms with Gasteiger partial charge in [-0.05, 0) is 18.2 Å². The largest absolute Gasteiger partial charge is 0.497 e. The molecular weight excluding hydrogens is 285 g/mol. The maximum Gasteiger partial charge on any atom is 0.264 e. The smallest absolute Gasteiger partial charge is 0.264 e. The van der Waals surface area contributed by atoms with E-state index < -0.39 is 9.05 Å². The first-order chi connectivity index (χ1) is 7.93. The van der Waals surface area contributed by atoms with Crippen LogP contribution in [0.15, 0.2) is 29.3 Å². The molecule has 90 valence electrons. The maximum absolute atomic E-state index is 11.3. The van der Waals surface area contributed by atoms with E-state index in [1.54, 1.807) is 18.2 Å². The predicted molar refractivity (Wildman–Crippen MR) is 66.3 cm³/mol. The molecule has 0 unspecified atom stereocenters. The average Bonchev–Trinajstić information content (AvgIpc) is 2.27. The van der Waals surface area contributed by atoms with E-state index in [4.69, 9.17) is 27.0 Å². The molecule has 0 aliphatic heterocycles. The summed E-state index contributed by atoms with van der Waals surface area (Å²) in [5, 5.41) is 0.525. The third-order valence-corrected chi connectivity index (χ3v) is 4.09. The van der Waals surface area contributed by atoms with E-state index in [1.165, 1.54) is 7.11 Å². The molecule has 1 heterocycles. The van der Waals surface area contributed by atoms with Gasteiger partial charge in [0, 0.05) is 22.3 Å². The van der Waals surface area contributed by atoms with E-state index in [9.17, 15) is 8.42 Å². The molecule has 1 aromatic heterocycles. The first-order valence-electron chi connectivity index (χ1n) is 4.50. The summed E-state index contributed by atoms with van der Waals surface area (Å²) in [5.74, 6) is 0.560. The van der Waals surface area contributed by atoms with Crippen molar-refractivity contribution < 1.29 is 13.2 Å². The SMILES string of the molecule is COc1ccc2ncc(S(=O)(=O)Cl)c(Cl)c2c1. The highest BCUT2D eigenvalue weighted by atomic mass is 35.7. The van der Waals surface area contributed by atoms with Crippen LogP contribution in [0.4, 0.5) is 0 Å². The van der Waals surface area contributed by atoms with Crippen molar-refractivity contribution in [2.24, 2.45) is 0 Å². The van der Waals surface area contributed by atoms with Gasteiger partial charge in [-0.25, -0.2) is 8.42 Å². The lowest BCUT2D eigenvalue weighted by Crippen LogP contribution is -1.95. The lowest BCUT2D eigenvalue weighted by molar-refractivity contribution is 0.415. The maximum atomic E-state index is 11.3. The Morgan fingerprint density at radius 2 is 2.06 bits per heavy atom. The zero-order valence-electron chi connectivity index (χ0n) is 8.65. The summed E-state index contributed by atoms with van der Waals surface area (Å²) in [6, 6.07) is 5.00. The average molecular weight is 292 g/mol. The summed E-state index contributed by atoms with van der Waals surface area (Å²) in [7, 11) is 2.85. The number of halogens is 2. The molecule has 0 atom stereocenters. The van der Waals surface area contributed by atoms with Crippen molar-refractivity contribution in [3.8, 4) is 5.75 Å². The molecule has 2 aromatic rings. The fraction of sp³-hybridized carbons (Fsp3) is 0.100. The number of nitrogens with zero attached hydrogens (tertiary/aromatic N) is 1. The summed E-state index contributed by atoms with van der Waals surface area (Å²) in [4.78, 5) is 3.77. The van der Waals surface area contributed by atoms with Gasteiger partial charge in [0.15, 0.2) is 0 Å². The Balaban J connectivity index is 2.82. The number of methoxy groups -OCH3 is 1. The quantitative estimate of drug-likeness (QED) is 0.799. The Morgan fingerprint density at radius 3 is 2.65 bits per heavy atom. The molecule has 7 heteroatoms. The topological polar surface area (TPSA) is 56.3 Å². The van der Waals surface area contributed by atoms with Crippen LogP contribution in [0.1, 0.15) is 0 Å². The molecule has 2 rings (SSSR count). The van der Waals surface area contributed by atoms with E-state index in [0.717, 1.165) is 6.20 Å². The molecule has 0 saturated heterocycles. The zero-order chi connectivity index (χ0) is 12.6.